The van der Waals surface area contributed by atoms with Crippen molar-refractivity contribution in [3.05, 3.63) is 65.2 Å². The van der Waals surface area contributed by atoms with Gasteiger partial charge in [0.15, 0.2) is 0 Å². The summed E-state index contributed by atoms with van der Waals surface area (Å²) >= 11 is 0. The van der Waals surface area contributed by atoms with Crippen LogP contribution in [0.25, 0.3) is 0 Å². The summed E-state index contributed by atoms with van der Waals surface area (Å²) in [5.41, 5.74) is 0.965. The smallest absolute Gasteiger partial charge is 0.350 e. The molecule has 0 aromatic heterocycles. The number of nitrogens with zero attached hydrogens (tertiary/aromatic N) is 1. The van der Waals surface area contributed by atoms with Crippen LogP contribution in [-0.2, 0) is 16.1 Å². The summed E-state index contributed by atoms with van der Waals surface area (Å²) in [6.07, 6.45) is -4.99. The van der Waals surface area contributed by atoms with Crippen molar-refractivity contribution in [2.45, 2.75) is 25.7 Å². The van der Waals surface area contributed by atoms with Crippen molar-refractivity contribution in [3.63, 3.8) is 0 Å². The molecule has 10 heteroatoms. The predicted molar refractivity (Wildman–Crippen MR) is 99.4 cm³/mol. The fourth-order valence-corrected chi connectivity index (χ4v) is 2.92. The summed E-state index contributed by atoms with van der Waals surface area (Å²) in [7, 11) is 0. The molecule has 156 valence electrons. The minimum absolute atomic E-state index is 0.0137. The number of benzene rings is 2. The van der Waals surface area contributed by atoms with Crippen molar-refractivity contribution in [1.82, 2.24) is 10.2 Å². The molecule has 0 radical (unpaired) electrons. The Labute approximate surface area is 168 Å². The molecule has 1 aliphatic rings. The molecule has 7 nitrogen and oxygen atoms in total. The standard InChI is InChI=1S/C20H16F3N3O4/c1-11(26-17(28)14-4-2-3-5-15(14)18(26)29)16(27)24-10-12-6-8-13(9-7-12)25-19(30)20(21,22)23/h2-9,11H,10H2,1H3,(H,24,27)(H,25,30). The number of carbonyl (C=O) groups excluding carboxylic acids is 4. The average Bonchev–Trinajstić information content (AvgIpc) is 2.96. The van der Waals surface area contributed by atoms with E-state index in [9.17, 15) is 32.3 Å². The summed E-state index contributed by atoms with van der Waals surface area (Å²) in [4.78, 5) is 49.1. The maximum Gasteiger partial charge on any atom is 0.471 e. The zero-order chi connectivity index (χ0) is 22.1. The van der Waals surface area contributed by atoms with Gasteiger partial charge in [-0.15, -0.1) is 0 Å². The van der Waals surface area contributed by atoms with E-state index in [1.807, 2.05) is 0 Å². The van der Waals surface area contributed by atoms with Gasteiger partial charge in [0.1, 0.15) is 6.04 Å². The third-order valence-electron chi connectivity index (χ3n) is 4.53. The molecule has 30 heavy (non-hydrogen) atoms. The van der Waals surface area contributed by atoms with Gasteiger partial charge in [-0.05, 0) is 36.8 Å². The van der Waals surface area contributed by atoms with E-state index in [1.54, 1.807) is 17.4 Å². The highest BCUT2D eigenvalue weighted by Crippen LogP contribution is 2.24. The number of imide groups is 1. The minimum atomic E-state index is -4.99. The normalized spacial score (nSPS) is 14.3. The number of halogens is 3. The summed E-state index contributed by atoms with van der Waals surface area (Å²) < 4.78 is 36.8. The van der Waals surface area contributed by atoms with Crippen molar-refractivity contribution in [2.75, 3.05) is 5.32 Å². The van der Waals surface area contributed by atoms with E-state index in [1.165, 1.54) is 43.3 Å². The zero-order valence-corrected chi connectivity index (χ0v) is 15.6. The van der Waals surface area contributed by atoms with E-state index in [4.69, 9.17) is 0 Å². The third-order valence-corrected chi connectivity index (χ3v) is 4.53. The third kappa shape index (κ3) is 4.17. The fraction of sp³-hybridized carbons (Fsp3) is 0.200. The Balaban J connectivity index is 1.59. The predicted octanol–water partition coefficient (Wildman–Crippen LogP) is 2.49. The first-order chi connectivity index (χ1) is 14.1. The summed E-state index contributed by atoms with van der Waals surface area (Å²) in [6.45, 7) is 1.44. The molecule has 1 heterocycles. The van der Waals surface area contributed by atoms with E-state index in [0.717, 1.165) is 4.90 Å². The fourth-order valence-electron chi connectivity index (χ4n) is 2.92. The quantitative estimate of drug-likeness (QED) is 0.728. The highest BCUT2D eigenvalue weighted by Gasteiger charge is 2.40. The molecule has 2 aromatic carbocycles. The van der Waals surface area contributed by atoms with Crippen LogP contribution >= 0.6 is 0 Å². The monoisotopic (exact) mass is 419 g/mol. The van der Waals surface area contributed by atoms with Crippen LogP contribution in [0.5, 0.6) is 0 Å². The number of rotatable bonds is 5. The van der Waals surface area contributed by atoms with E-state index in [0.29, 0.717) is 5.56 Å². The van der Waals surface area contributed by atoms with E-state index in [-0.39, 0.29) is 23.4 Å². The lowest BCUT2D eigenvalue weighted by atomic mass is 10.1. The molecule has 0 aliphatic carbocycles. The molecule has 2 N–H and O–H groups in total. The number of alkyl halides is 3. The van der Waals surface area contributed by atoms with Gasteiger partial charge in [0.05, 0.1) is 11.1 Å². The average molecular weight is 419 g/mol. The first-order valence-electron chi connectivity index (χ1n) is 8.81. The molecule has 1 aliphatic heterocycles. The van der Waals surface area contributed by atoms with Gasteiger partial charge in [-0.1, -0.05) is 24.3 Å². The molecule has 0 bridgehead atoms. The van der Waals surface area contributed by atoms with Gasteiger partial charge < -0.3 is 10.6 Å². The largest absolute Gasteiger partial charge is 0.471 e. The molecule has 0 spiro atoms. The summed E-state index contributed by atoms with van der Waals surface area (Å²) in [5, 5.41) is 4.29. The topological polar surface area (TPSA) is 95.6 Å². The number of anilines is 1. The molecule has 1 atom stereocenters. The molecule has 3 rings (SSSR count). The van der Waals surface area contributed by atoms with E-state index in [2.05, 4.69) is 5.32 Å². The lowest BCUT2D eigenvalue weighted by Gasteiger charge is -2.21. The highest BCUT2D eigenvalue weighted by molar-refractivity contribution is 6.22. The molecule has 0 saturated carbocycles. The van der Waals surface area contributed by atoms with Gasteiger partial charge in [-0.25, -0.2) is 0 Å². The molecule has 4 amide bonds. The summed E-state index contributed by atoms with van der Waals surface area (Å²) in [6, 6.07) is 10.6. The first-order valence-corrected chi connectivity index (χ1v) is 8.81. The van der Waals surface area contributed by atoms with Gasteiger partial charge in [-0.2, -0.15) is 13.2 Å². The first kappa shape index (κ1) is 21.0. The zero-order valence-electron chi connectivity index (χ0n) is 15.6. The highest BCUT2D eigenvalue weighted by atomic mass is 19.4. The van der Waals surface area contributed by atoms with Gasteiger partial charge in [0.25, 0.3) is 11.8 Å². The maximum atomic E-state index is 12.4. The Kier molecular flexibility index (Phi) is 5.59. The lowest BCUT2D eigenvalue weighted by Crippen LogP contribution is -2.47. The van der Waals surface area contributed by atoms with Crippen LogP contribution in [0.2, 0.25) is 0 Å². The van der Waals surface area contributed by atoms with Crippen molar-refractivity contribution < 1.29 is 32.3 Å². The van der Waals surface area contributed by atoms with Crippen LogP contribution in [0.1, 0.15) is 33.2 Å². The van der Waals surface area contributed by atoms with Crippen LogP contribution in [0, 0.1) is 0 Å². The second-order valence-corrected chi connectivity index (χ2v) is 6.57. The molecule has 2 aromatic rings. The Bertz CT molecular complexity index is 984. The lowest BCUT2D eigenvalue weighted by molar-refractivity contribution is -0.167. The van der Waals surface area contributed by atoms with Crippen LogP contribution in [0.15, 0.2) is 48.5 Å². The van der Waals surface area contributed by atoms with Crippen molar-refractivity contribution in [1.29, 1.82) is 0 Å². The summed E-state index contributed by atoms with van der Waals surface area (Å²) in [5.74, 6) is -3.76. The second-order valence-electron chi connectivity index (χ2n) is 6.57. The second kappa shape index (κ2) is 7.97. The number of nitrogens with one attached hydrogen (secondary N) is 2. The minimum Gasteiger partial charge on any atom is -0.350 e. The van der Waals surface area contributed by atoms with Gasteiger partial charge >= 0.3 is 12.1 Å². The van der Waals surface area contributed by atoms with Crippen LogP contribution in [0.4, 0.5) is 18.9 Å². The number of amides is 4. The SMILES string of the molecule is CC(C(=O)NCc1ccc(NC(=O)C(F)(F)F)cc1)N1C(=O)c2ccccc2C1=O. The van der Waals surface area contributed by atoms with Gasteiger partial charge in [-0.3, -0.25) is 24.1 Å². The Morgan fingerprint density at radius 3 is 2.00 bits per heavy atom. The van der Waals surface area contributed by atoms with E-state index >= 15 is 0 Å². The van der Waals surface area contributed by atoms with Crippen molar-refractivity contribution in [2.24, 2.45) is 0 Å². The number of carbonyl (C=O) groups is 4. The molecular formula is C20H16F3N3O4. The van der Waals surface area contributed by atoms with Crippen LogP contribution < -0.4 is 10.6 Å². The van der Waals surface area contributed by atoms with Crippen molar-refractivity contribution >= 4 is 29.3 Å². The van der Waals surface area contributed by atoms with E-state index < -0.39 is 35.8 Å². The molecule has 1 unspecified atom stereocenters. The van der Waals surface area contributed by atoms with Crippen LogP contribution in [0.3, 0.4) is 0 Å². The molecule has 0 saturated heterocycles. The number of hydrogen-bond acceptors (Lipinski definition) is 4. The van der Waals surface area contributed by atoms with Crippen molar-refractivity contribution in [3.8, 4) is 0 Å². The number of fused-ring (bicyclic) bond motifs is 1. The van der Waals surface area contributed by atoms with Gasteiger partial charge in [0.2, 0.25) is 5.91 Å². The van der Waals surface area contributed by atoms with Crippen LogP contribution in [-0.4, -0.2) is 40.7 Å². The Morgan fingerprint density at radius 2 is 1.50 bits per heavy atom. The molecular weight excluding hydrogens is 403 g/mol. The molecule has 0 fully saturated rings. The Hall–Kier alpha value is -3.69. The number of hydrogen-bond donors (Lipinski definition) is 2. The Morgan fingerprint density at radius 1 is 0.967 bits per heavy atom. The maximum absolute atomic E-state index is 12.4. The van der Waals surface area contributed by atoms with Gasteiger partial charge in [0, 0.05) is 12.2 Å².